The molecule has 0 saturated carbocycles. The summed E-state index contributed by atoms with van der Waals surface area (Å²) in [4.78, 5) is 14.0. The van der Waals surface area contributed by atoms with Crippen LogP contribution < -0.4 is 5.32 Å². The first-order chi connectivity index (χ1) is 13.5. The number of methoxy groups -OCH3 is 1. The first-order valence-corrected chi connectivity index (χ1v) is 10.3. The van der Waals surface area contributed by atoms with Gasteiger partial charge in [-0.05, 0) is 30.7 Å². The Bertz CT molecular complexity index is 971. The van der Waals surface area contributed by atoms with Gasteiger partial charge in [0, 0.05) is 29.1 Å². The Labute approximate surface area is 177 Å². The highest BCUT2D eigenvalue weighted by atomic mass is 35.5. The summed E-state index contributed by atoms with van der Waals surface area (Å²) in [5, 5.41) is 9.61. The summed E-state index contributed by atoms with van der Waals surface area (Å²) in [7, 11) is 1.62. The number of amides is 1. The number of rotatable bonds is 9. The number of aromatic nitrogens is 2. The molecule has 2 aromatic heterocycles. The number of nitrogens with one attached hydrogen (secondary N) is 1. The Morgan fingerprint density at radius 3 is 2.82 bits per heavy atom. The highest BCUT2D eigenvalue weighted by molar-refractivity contribution is 7.20. The monoisotopic (exact) mass is 441 g/mol. The van der Waals surface area contributed by atoms with Gasteiger partial charge in [0.1, 0.15) is 4.83 Å². The predicted octanol–water partition coefficient (Wildman–Crippen LogP) is 4.15. The van der Waals surface area contributed by atoms with Gasteiger partial charge in [-0.3, -0.25) is 9.48 Å². The predicted molar refractivity (Wildman–Crippen MR) is 113 cm³/mol. The fourth-order valence-corrected chi connectivity index (χ4v) is 4.26. The zero-order chi connectivity index (χ0) is 20.1. The van der Waals surface area contributed by atoms with E-state index in [0.717, 1.165) is 21.5 Å². The Morgan fingerprint density at radius 1 is 1.25 bits per heavy atom. The lowest BCUT2D eigenvalue weighted by Crippen LogP contribution is -2.26. The summed E-state index contributed by atoms with van der Waals surface area (Å²) in [6.45, 7) is 4.38. The number of aryl methyl sites for hydroxylation is 1. The third-order valence-electron chi connectivity index (χ3n) is 4.13. The van der Waals surface area contributed by atoms with Crippen LogP contribution in [0.4, 0.5) is 0 Å². The zero-order valence-corrected chi connectivity index (χ0v) is 18.0. The van der Waals surface area contributed by atoms with Crippen LogP contribution in [0, 0.1) is 6.92 Å². The van der Waals surface area contributed by atoms with Crippen LogP contribution in [0.5, 0.6) is 0 Å². The fraction of sp³-hybridized carbons (Fsp3) is 0.368. The largest absolute Gasteiger partial charge is 0.382 e. The van der Waals surface area contributed by atoms with Crippen LogP contribution in [0.3, 0.4) is 0 Å². The Hall–Kier alpha value is -1.64. The smallest absolute Gasteiger partial charge is 0.261 e. The Balaban J connectivity index is 1.69. The third-order valence-corrected chi connectivity index (χ3v) is 5.86. The molecule has 0 saturated heterocycles. The van der Waals surface area contributed by atoms with E-state index in [9.17, 15) is 4.79 Å². The van der Waals surface area contributed by atoms with Gasteiger partial charge in [0.2, 0.25) is 0 Å². The van der Waals surface area contributed by atoms with Crippen molar-refractivity contribution in [2.45, 2.75) is 13.5 Å². The highest BCUT2D eigenvalue weighted by Crippen LogP contribution is 2.30. The molecule has 0 aliphatic carbocycles. The molecule has 1 amide bonds. The topological polar surface area (TPSA) is 65.4 Å². The first-order valence-electron chi connectivity index (χ1n) is 8.75. The van der Waals surface area contributed by atoms with Crippen LogP contribution in [-0.2, 0) is 16.0 Å². The molecule has 0 unspecified atom stereocenters. The standard InChI is InChI=1S/C19H21Cl2N3O3S/c1-12-15-10-17(18(25)22-5-6-27-8-7-26-2)28-19(15)24(23-12)11-13-3-4-14(20)9-16(13)21/h3-4,9-10H,5-8,11H2,1-2H3,(H,22,25). The summed E-state index contributed by atoms with van der Waals surface area (Å²) in [6, 6.07) is 7.29. The molecule has 150 valence electrons. The average Bonchev–Trinajstić information content (AvgIpc) is 3.22. The maximum Gasteiger partial charge on any atom is 0.261 e. The number of ether oxygens (including phenoxy) is 2. The van der Waals surface area contributed by atoms with Gasteiger partial charge in [-0.15, -0.1) is 11.3 Å². The van der Waals surface area contributed by atoms with Crippen LogP contribution in [0.15, 0.2) is 24.3 Å². The molecule has 3 aromatic rings. The number of nitrogens with zero attached hydrogens (tertiary/aromatic N) is 2. The van der Waals surface area contributed by atoms with E-state index in [0.29, 0.717) is 47.8 Å². The van der Waals surface area contributed by atoms with Crippen molar-refractivity contribution in [1.29, 1.82) is 0 Å². The van der Waals surface area contributed by atoms with E-state index in [1.54, 1.807) is 19.2 Å². The van der Waals surface area contributed by atoms with Crippen LogP contribution in [0.25, 0.3) is 10.2 Å². The van der Waals surface area contributed by atoms with E-state index in [4.69, 9.17) is 32.7 Å². The van der Waals surface area contributed by atoms with Gasteiger partial charge in [0.05, 0.1) is 36.9 Å². The van der Waals surface area contributed by atoms with E-state index in [1.807, 2.05) is 23.7 Å². The summed E-state index contributed by atoms with van der Waals surface area (Å²) in [5.74, 6) is -0.119. The maximum absolute atomic E-state index is 12.4. The van der Waals surface area contributed by atoms with E-state index >= 15 is 0 Å². The highest BCUT2D eigenvalue weighted by Gasteiger charge is 2.17. The number of thiophene rings is 1. The molecule has 0 aliphatic rings. The Morgan fingerprint density at radius 2 is 2.07 bits per heavy atom. The number of benzene rings is 1. The van der Waals surface area contributed by atoms with Crippen molar-refractivity contribution in [3.63, 3.8) is 0 Å². The molecule has 0 atom stereocenters. The molecule has 0 aliphatic heterocycles. The molecular formula is C19H21Cl2N3O3S. The molecule has 0 bridgehead atoms. The number of hydrogen-bond donors (Lipinski definition) is 1. The lowest BCUT2D eigenvalue weighted by Gasteiger charge is -2.06. The van der Waals surface area contributed by atoms with Crippen molar-refractivity contribution in [3.05, 3.63) is 50.4 Å². The number of carbonyl (C=O) groups excluding carboxylic acids is 1. The summed E-state index contributed by atoms with van der Waals surface area (Å²) in [5.41, 5.74) is 1.79. The third kappa shape index (κ3) is 5.04. The molecule has 0 radical (unpaired) electrons. The van der Waals surface area contributed by atoms with E-state index in [-0.39, 0.29) is 5.91 Å². The zero-order valence-electron chi connectivity index (χ0n) is 15.6. The second kappa shape index (κ2) is 9.71. The molecule has 9 heteroatoms. The normalized spacial score (nSPS) is 11.3. The second-order valence-electron chi connectivity index (χ2n) is 6.17. The molecule has 3 rings (SSSR count). The minimum atomic E-state index is -0.119. The number of fused-ring (bicyclic) bond motifs is 1. The van der Waals surface area contributed by atoms with Gasteiger partial charge in [-0.1, -0.05) is 29.3 Å². The lowest BCUT2D eigenvalue weighted by molar-refractivity contribution is 0.0693. The van der Waals surface area contributed by atoms with Crippen molar-refractivity contribution in [3.8, 4) is 0 Å². The summed E-state index contributed by atoms with van der Waals surface area (Å²) in [6.07, 6.45) is 0. The van der Waals surface area contributed by atoms with Crippen molar-refractivity contribution in [2.24, 2.45) is 0 Å². The maximum atomic E-state index is 12.4. The Kier molecular flexibility index (Phi) is 7.31. The number of halogens is 2. The molecule has 1 aromatic carbocycles. The first kappa shape index (κ1) is 21.1. The lowest BCUT2D eigenvalue weighted by atomic mass is 10.2. The molecule has 0 fully saturated rings. The molecular weight excluding hydrogens is 421 g/mol. The van der Waals surface area contributed by atoms with E-state index < -0.39 is 0 Å². The molecule has 1 N–H and O–H groups in total. The number of carbonyl (C=O) groups is 1. The van der Waals surface area contributed by atoms with E-state index in [2.05, 4.69) is 10.4 Å². The van der Waals surface area contributed by atoms with Gasteiger partial charge >= 0.3 is 0 Å². The molecule has 2 heterocycles. The SMILES string of the molecule is COCCOCCNC(=O)c1cc2c(C)nn(Cc3ccc(Cl)cc3Cl)c2s1. The van der Waals surface area contributed by atoms with Crippen LogP contribution >= 0.6 is 34.5 Å². The summed E-state index contributed by atoms with van der Waals surface area (Å²) < 4.78 is 12.1. The van der Waals surface area contributed by atoms with Crippen LogP contribution in [0.1, 0.15) is 20.9 Å². The molecule has 28 heavy (non-hydrogen) atoms. The fourth-order valence-electron chi connectivity index (χ4n) is 2.71. The van der Waals surface area contributed by atoms with Gasteiger partial charge in [0.25, 0.3) is 5.91 Å². The van der Waals surface area contributed by atoms with Gasteiger partial charge < -0.3 is 14.8 Å². The minimum Gasteiger partial charge on any atom is -0.382 e. The van der Waals surface area contributed by atoms with E-state index in [1.165, 1.54) is 11.3 Å². The van der Waals surface area contributed by atoms with Crippen molar-refractivity contribution in [2.75, 3.05) is 33.5 Å². The minimum absolute atomic E-state index is 0.119. The van der Waals surface area contributed by atoms with Crippen LogP contribution in [0.2, 0.25) is 10.0 Å². The van der Waals surface area contributed by atoms with Gasteiger partial charge in [-0.2, -0.15) is 5.10 Å². The quantitative estimate of drug-likeness (QED) is 0.506. The van der Waals surface area contributed by atoms with Gasteiger partial charge in [-0.25, -0.2) is 0 Å². The average molecular weight is 442 g/mol. The van der Waals surface area contributed by atoms with Crippen LogP contribution in [-0.4, -0.2) is 49.2 Å². The summed E-state index contributed by atoms with van der Waals surface area (Å²) >= 11 is 13.7. The van der Waals surface area contributed by atoms with Crippen molar-refractivity contribution < 1.29 is 14.3 Å². The van der Waals surface area contributed by atoms with Crippen molar-refractivity contribution >= 4 is 50.7 Å². The van der Waals surface area contributed by atoms with Gasteiger partial charge in [0.15, 0.2) is 0 Å². The number of hydrogen-bond acceptors (Lipinski definition) is 5. The molecule has 0 spiro atoms. The van der Waals surface area contributed by atoms with Crippen molar-refractivity contribution in [1.82, 2.24) is 15.1 Å². The second-order valence-corrected chi connectivity index (χ2v) is 8.04. The molecule has 6 nitrogen and oxygen atoms in total.